The van der Waals surface area contributed by atoms with Gasteiger partial charge in [-0.2, -0.15) is 0 Å². The average molecular weight is 704 g/mol. The van der Waals surface area contributed by atoms with Crippen molar-refractivity contribution >= 4 is 71.7 Å². The fraction of sp³-hybridized carbons (Fsp3) is 0. The third-order valence-electron chi connectivity index (χ3n) is 10.9. The largest absolute Gasteiger partial charge is 0.456 e. The van der Waals surface area contributed by atoms with E-state index >= 15 is 0 Å². The van der Waals surface area contributed by atoms with Gasteiger partial charge in [0.15, 0.2) is 0 Å². The summed E-state index contributed by atoms with van der Waals surface area (Å²) in [5.41, 5.74) is 13.8. The number of fused-ring (bicyclic) bond motifs is 8. The van der Waals surface area contributed by atoms with Gasteiger partial charge in [-0.15, -0.1) is 0 Å². The van der Waals surface area contributed by atoms with E-state index in [2.05, 4.69) is 181 Å². The smallest absolute Gasteiger partial charge is 0.136 e. The zero-order valence-corrected chi connectivity index (χ0v) is 29.8. The van der Waals surface area contributed by atoms with Crippen molar-refractivity contribution in [1.29, 1.82) is 0 Å². The molecule has 9 aromatic carbocycles. The average Bonchev–Trinajstić information content (AvgIpc) is 3.84. The van der Waals surface area contributed by atoms with E-state index in [-0.39, 0.29) is 0 Å². The summed E-state index contributed by atoms with van der Waals surface area (Å²) in [4.78, 5) is 2.35. The molecule has 0 N–H and O–H groups in total. The fourth-order valence-electron chi connectivity index (χ4n) is 8.33. The summed E-state index contributed by atoms with van der Waals surface area (Å²) in [6, 6.07) is 71.0. The van der Waals surface area contributed by atoms with Crippen LogP contribution in [0.15, 0.2) is 209 Å². The van der Waals surface area contributed by atoms with E-state index in [0.29, 0.717) is 0 Å². The fourth-order valence-corrected chi connectivity index (χ4v) is 8.33. The highest BCUT2D eigenvalue weighted by atomic mass is 16.3. The van der Waals surface area contributed by atoms with Crippen LogP contribution in [-0.2, 0) is 0 Å². The minimum Gasteiger partial charge on any atom is -0.456 e. The van der Waals surface area contributed by atoms with E-state index in [9.17, 15) is 0 Å². The first kappa shape index (κ1) is 31.2. The van der Waals surface area contributed by atoms with Gasteiger partial charge in [-0.3, -0.25) is 0 Å². The molecule has 2 aromatic heterocycles. The van der Waals surface area contributed by atoms with Crippen LogP contribution >= 0.6 is 0 Å². The summed E-state index contributed by atoms with van der Waals surface area (Å²) >= 11 is 0. The SMILES string of the molecule is c1ccc(-c2ccc(N(c3ccc(-c4cccc5c4ccc4oc6ccccc6c45)cc3)c3cccc(-c4cccc5oc6ccccc6c45)c3)cc2)cc1. The van der Waals surface area contributed by atoms with E-state index in [0.717, 1.165) is 77.6 Å². The topological polar surface area (TPSA) is 29.5 Å². The van der Waals surface area contributed by atoms with Gasteiger partial charge in [0.25, 0.3) is 0 Å². The number of para-hydroxylation sites is 2. The summed E-state index contributed by atoms with van der Waals surface area (Å²) in [6.07, 6.45) is 0. The molecule has 0 saturated carbocycles. The summed E-state index contributed by atoms with van der Waals surface area (Å²) in [6.45, 7) is 0. The van der Waals surface area contributed by atoms with Gasteiger partial charge in [0, 0.05) is 38.6 Å². The Morgan fingerprint density at radius 1 is 0.273 bits per heavy atom. The molecule has 0 atom stereocenters. The molecular weight excluding hydrogens is 671 g/mol. The maximum atomic E-state index is 6.27. The van der Waals surface area contributed by atoms with Crippen LogP contribution in [0.5, 0.6) is 0 Å². The third-order valence-corrected chi connectivity index (χ3v) is 10.9. The Hall–Kier alpha value is -7.36. The number of hydrogen-bond donors (Lipinski definition) is 0. The highest BCUT2D eigenvalue weighted by molar-refractivity contribution is 6.21. The molecule has 55 heavy (non-hydrogen) atoms. The molecule has 0 fully saturated rings. The van der Waals surface area contributed by atoms with Crippen molar-refractivity contribution in [3.05, 3.63) is 200 Å². The molecule has 0 unspecified atom stereocenters. The molecular formula is C52H33NO2. The highest BCUT2D eigenvalue weighted by Gasteiger charge is 2.18. The van der Waals surface area contributed by atoms with E-state index in [1.165, 1.54) is 27.5 Å². The molecule has 0 aliphatic heterocycles. The predicted molar refractivity (Wildman–Crippen MR) is 229 cm³/mol. The van der Waals surface area contributed by atoms with Crippen LogP contribution in [0, 0.1) is 0 Å². The Balaban J connectivity index is 1.04. The van der Waals surface area contributed by atoms with Crippen molar-refractivity contribution in [3.8, 4) is 33.4 Å². The molecule has 0 aliphatic rings. The predicted octanol–water partition coefficient (Wildman–Crippen LogP) is 15.1. The van der Waals surface area contributed by atoms with Crippen LogP contribution in [0.2, 0.25) is 0 Å². The van der Waals surface area contributed by atoms with Gasteiger partial charge in [0.2, 0.25) is 0 Å². The second-order valence-electron chi connectivity index (χ2n) is 14.1. The summed E-state index contributed by atoms with van der Waals surface area (Å²) in [5, 5.41) is 6.96. The lowest BCUT2D eigenvalue weighted by molar-refractivity contribution is 0.668. The standard InChI is InChI=1S/C52H33NO2/c1-2-11-34(12-3-1)35-23-27-38(28-24-35)53(40-14-8-13-37(33-40)42-18-10-22-49-51(42)45-15-4-6-20-47(45)54-49)39-29-25-36(26-30-39)41-17-9-19-44-43(41)31-32-50-52(44)46-16-5-7-21-48(46)55-50/h1-33H. The normalized spacial score (nSPS) is 11.6. The van der Waals surface area contributed by atoms with Crippen LogP contribution in [-0.4, -0.2) is 0 Å². The van der Waals surface area contributed by atoms with E-state index in [4.69, 9.17) is 8.83 Å². The van der Waals surface area contributed by atoms with Gasteiger partial charge >= 0.3 is 0 Å². The van der Waals surface area contributed by atoms with Gasteiger partial charge in [0.05, 0.1) is 0 Å². The second kappa shape index (κ2) is 12.6. The monoisotopic (exact) mass is 703 g/mol. The number of anilines is 3. The lowest BCUT2D eigenvalue weighted by Gasteiger charge is -2.26. The van der Waals surface area contributed by atoms with Crippen LogP contribution in [0.25, 0.3) is 88.0 Å². The zero-order valence-electron chi connectivity index (χ0n) is 29.8. The molecule has 0 bridgehead atoms. The molecule has 0 spiro atoms. The minimum atomic E-state index is 0.892. The quantitative estimate of drug-likeness (QED) is 0.173. The molecule has 0 aliphatic carbocycles. The van der Waals surface area contributed by atoms with Gasteiger partial charge in [-0.05, 0) is 105 Å². The first-order valence-electron chi connectivity index (χ1n) is 18.7. The van der Waals surface area contributed by atoms with Crippen LogP contribution in [0.4, 0.5) is 17.1 Å². The maximum absolute atomic E-state index is 6.27. The Morgan fingerprint density at radius 3 is 1.55 bits per heavy atom. The molecule has 0 saturated heterocycles. The van der Waals surface area contributed by atoms with Crippen molar-refractivity contribution < 1.29 is 8.83 Å². The van der Waals surface area contributed by atoms with Crippen LogP contribution in [0.1, 0.15) is 0 Å². The molecule has 2 heterocycles. The molecule has 3 heteroatoms. The van der Waals surface area contributed by atoms with Gasteiger partial charge in [0.1, 0.15) is 22.3 Å². The lowest BCUT2D eigenvalue weighted by Crippen LogP contribution is -2.10. The van der Waals surface area contributed by atoms with Crippen molar-refractivity contribution in [2.75, 3.05) is 4.90 Å². The molecule has 11 rings (SSSR count). The number of benzene rings is 9. The minimum absolute atomic E-state index is 0.892. The number of rotatable bonds is 6. The van der Waals surface area contributed by atoms with E-state index in [1.54, 1.807) is 0 Å². The van der Waals surface area contributed by atoms with Crippen molar-refractivity contribution in [3.63, 3.8) is 0 Å². The Labute approximate surface area is 317 Å². The molecule has 0 amide bonds. The molecule has 3 nitrogen and oxygen atoms in total. The van der Waals surface area contributed by atoms with Gasteiger partial charge < -0.3 is 13.7 Å². The molecule has 11 aromatic rings. The molecule has 0 radical (unpaired) electrons. The number of furan rings is 2. The first-order chi connectivity index (χ1) is 27.3. The first-order valence-corrected chi connectivity index (χ1v) is 18.7. The Morgan fingerprint density at radius 2 is 0.800 bits per heavy atom. The van der Waals surface area contributed by atoms with Crippen LogP contribution in [0.3, 0.4) is 0 Å². The van der Waals surface area contributed by atoms with Crippen molar-refractivity contribution in [2.24, 2.45) is 0 Å². The number of hydrogen-bond acceptors (Lipinski definition) is 3. The van der Waals surface area contributed by atoms with Crippen LogP contribution < -0.4 is 4.90 Å². The van der Waals surface area contributed by atoms with Crippen molar-refractivity contribution in [1.82, 2.24) is 0 Å². The molecule has 258 valence electrons. The van der Waals surface area contributed by atoms with Gasteiger partial charge in [-0.1, -0.05) is 140 Å². The maximum Gasteiger partial charge on any atom is 0.136 e. The highest BCUT2D eigenvalue weighted by Crippen LogP contribution is 2.43. The second-order valence-corrected chi connectivity index (χ2v) is 14.1. The zero-order chi connectivity index (χ0) is 36.3. The van der Waals surface area contributed by atoms with Crippen molar-refractivity contribution in [2.45, 2.75) is 0 Å². The third kappa shape index (κ3) is 5.20. The Bertz CT molecular complexity index is 3190. The van der Waals surface area contributed by atoms with E-state index in [1.807, 2.05) is 24.3 Å². The number of nitrogens with zero attached hydrogens (tertiary/aromatic N) is 1. The summed E-state index contributed by atoms with van der Waals surface area (Å²) in [7, 11) is 0. The lowest BCUT2D eigenvalue weighted by atomic mass is 9.95. The van der Waals surface area contributed by atoms with E-state index < -0.39 is 0 Å². The summed E-state index contributed by atoms with van der Waals surface area (Å²) < 4.78 is 12.5. The van der Waals surface area contributed by atoms with Gasteiger partial charge in [-0.25, -0.2) is 0 Å². The Kier molecular flexibility index (Phi) is 7.17. The summed E-state index contributed by atoms with van der Waals surface area (Å²) in [5.74, 6) is 0.